The second kappa shape index (κ2) is 17.2. The van der Waals surface area contributed by atoms with Gasteiger partial charge in [0.2, 0.25) is 0 Å². The Morgan fingerprint density at radius 2 is 1.34 bits per heavy atom. The standard InChI is InChI=1S/C41H33N2O.C14H16NSi.Ir/c1-25(2)33-23-29(27-13-6-5-7-14-27)24-34(26(3)4)39(33)43-36-20-11-10-19-35(36)42-41(43)32-18-12-17-31-38-30-16-9-8-15-28(30)21-22-37(38)44-40(31)32;1-16(2,3)13-9-10-14(15-11-13)12-7-5-4-6-8-12;/h5-17,19-26H,1-4H3;4-7,9-11H,1-3H3;/q2*-1;. The molecule has 10 aromatic rings. The molecule has 0 aliphatic rings. The first-order valence-corrected chi connectivity index (χ1v) is 24.5. The normalized spacial score (nSPS) is 11.7. The van der Waals surface area contributed by atoms with Crippen molar-refractivity contribution < 1.29 is 24.5 Å². The van der Waals surface area contributed by atoms with Crippen molar-refractivity contribution in [2.24, 2.45) is 0 Å². The predicted molar refractivity (Wildman–Crippen MR) is 255 cm³/mol. The molecule has 4 nitrogen and oxygen atoms in total. The topological polar surface area (TPSA) is 43.9 Å². The maximum atomic E-state index is 6.68. The van der Waals surface area contributed by atoms with Crippen molar-refractivity contribution >= 4 is 57.0 Å². The molecule has 0 bridgehead atoms. The predicted octanol–water partition coefficient (Wildman–Crippen LogP) is 14.6. The Balaban J connectivity index is 0.000000255. The quantitative estimate of drug-likeness (QED) is 0.118. The third kappa shape index (κ3) is 8.04. The molecule has 6 heteroatoms. The summed E-state index contributed by atoms with van der Waals surface area (Å²) in [5.74, 6) is 1.42. The molecule has 0 fully saturated rings. The smallest absolute Gasteiger partial charge is 0.121 e. The molecule has 0 atom stereocenters. The van der Waals surface area contributed by atoms with Gasteiger partial charge in [-0.25, -0.2) is 0 Å². The molecule has 1 radical (unpaired) electrons. The van der Waals surface area contributed by atoms with Crippen molar-refractivity contribution in [3.8, 4) is 39.5 Å². The molecule has 3 heterocycles. The van der Waals surface area contributed by atoms with E-state index >= 15 is 0 Å². The molecular weight excluding hydrogens is 939 g/mol. The fourth-order valence-electron chi connectivity index (χ4n) is 8.26. The first kappa shape index (κ1) is 41.8. The van der Waals surface area contributed by atoms with Crippen LogP contribution < -0.4 is 5.19 Å². The van der Waals surface area contributed by atoms with E-state index in [1.54, 1.807) is 0 Å². The van der Waals surface area contributed by atoms with E-state index in [0.717, 1.165) is 55.6 Å². The van der Waals surface area contributed by atoms with Crippen molar-refractivity contribution in [1.29, 1.82) is 0 Å². The summed E-state index contributed by atoms with van der Waals surface area (Å²) in [5, 5.41) is 6.00. The summed E-state index contributed by atoms with van der Waals surface area (Å²) < 4.78 is 9.05. The molecule has 61 heavy (non-hydrogen) atoms. The van der Waals surface area contributed by atoms with Crippen LogP contribution in [0.3, 0.4) is 0 Å². The maximum Gasteiger partial charge on any atom is 0.121 e. The van der Waals surface area contributed by atoms with Gasteiger partial charge in [-0.3, -0.25) is 4.98 Å². The summed E-state index contributed by atoms with van der Waals surface area (Å²) in [7, 11) is -1.23. The summed E-state index contributed by atoms with van der Waals surface area (Å²) in [6.45, 7) is 16.1. The number of benzene rings is 7. The van der Waals surface area contributed by atoms with Crippen LogP contribution >= 0.6 is 0 Å². The van der Waals surface area contributed by atoms with Crippen LogP contribution in [0.2, 0.25) is 19.6 Å². The zero-order valence-corrected chi connectivity index (χ0v) is 39.1. The van der Waals surface area contributed by atoms with Crippen molar-refractivity contribution in [3.63, 3.8) is 0 Å². The fraction of sp³-hybridized carbons (Fsp3) is 0.164. The van der Waals surface area contributed by atoms with E-state index in [1.165, 1.54) is 43.9 Å². The van der Waals surface area contributed by atoms with E-state index < -0.39 is 8.07 Å². The molecule has 0 aliphatic heterocycles. The van der Waals surface area contributed by atoms with Gasteiger partial charge >= 0.3 is 0 Å². The van der Waals surface area contributed by atoms with Gasteiger partial charge in [-0.1, -0.05) is 143 Å². The Hall–Kier alpha value is -5.91. The molecular formula is C55H49IrN3OSi-2. The van der Waals surface area contributed by atoms with Gasteiger partial charge in [-0.15, -0.1) is 54.1 Å². The number of nitrogens with zero attached hydrogens (tertiary/aromatic N) is 3. The van der Waals surface area contributed by atoms with Crippen LogP contribution in [-0.4, -0.2) is 22.6 Å². The summed E-state index contributed by atoms with van der Waals surface area (Å²) in [5.41, 5.74) is 12.9. The number of hydrogen-bond donors (Lipinski definition) is 0. The van der Waals surface area contributed by atoms with Crippen LogP contribution in [0, 0.1) is 12.1 Å². The molecule has 0 unspecified atom stereocenters. The zero-order valence-electron chi connectivity index (χ0n) is 35.7. The van der Waals surface area contributed by atoms with Gasteiger partial charge in [-0.05, 0) is 86.1 Å². The maximum absolute atomic E-state index is 6.68. The van der Waals surface area contributed by atoms with Crippen LogP contribution in [0.5, 0.6) is 0 Å². The summed E-state index contributed by atoms with van der Waals surface area (Å²) in [6, 6.07) is 59.8. The zero-order chi connectivity index (χ0) is 41.5. The van der Waals surface area contributed by atoms with E-state index in [-0.39, 0.29) is 31.9 Å². The second-order valence-corrected chi connectivity index (χ2v) is 22.3. The SMILES string of the molecule is CC(C)c1cc(-c2ccccc2)cc(C(C)C)c1-n1c(-c2[c-]ccc3c2oc2ccc4ccccc4c23)nc2ccccc21.C[Si](C)(C)c1ccc(-c2[c-]cccc2)nc1.[Ir]. The van der Waals surface area contributed by atoms with Crippen LogP contribution in [0.15, 0.2) is 162 Å². The second-order valence-electron chi connectivity index (χ2n) is 17.3. The van der Waals surface area contributed by atoms with Crippen molar-refractivity contribution in [2.45, 2.75) is 59.2 Å². The minimum atomic E-state index is -1.23. The number of furan rings is 1. The van der Waals surface area contributed by atoms with E-state index in [0.29, 0.717) is 0 Å². The largest absolute Gasteiger partial charge is 0.501 e. The number of rotatable bonds is 7. The first-order valence-electron chi connectivity index (χ1n) is 21.0. The first-order chi connectivity index (χ1) is 29.1. The molecule has 7 aromatic carbocycles. The van der Waals surface area contributed by atoms with E-state index in [9.17, 15) is 0 Å². The Bertz CT molecular complexity index is 3090. The number of imidazole rings is 1. The monoisotopic (exact) mass is 988 g/mol. The molecule has 0 spiro atoms. The molecule has 0 aliphatic carbocycles. The third-order valence-corrected chi connectivity index (χ3v) is 13.5. The van der Waals surface area contributed by atoms with Crippen LogP contribution in [0.25, 0.3) is 83.2 Å². The molecule has 305 valence electrons. The van der Waals surface area contributed by atoms with Crippen LogP contribution in [-0.2, 0) is 20.1 Å². The Morgan fingerprint density at radius 1 is 0.639 bits per heavy atom. The van der Waals surface area contributed by atoms with Gasteiger partial charge in [0, 0.05) is 37.4 Å². The van der Waals surface area contributed by atoms with Gasteiger partial charge in [0.15, 0.2) is 0 Å². The van der Waals surface area contributed by atoms with Crippen molar-refractivity contribution in [3.05, 3.63) is 181 Å². The number of fused-ring (bicyclic) bond motifs is 6. The van der Waals surface area contributed by atoms with Gasteiger partial charge in [-0.2, -0.15) is 0 Å². The Morgan fingerprint density at radius 3 is 2.03 bits per heavy atom. The minimum Gasteiger partial charge on any atom is -0.501 e. The van der Waals surface area contributed by atoms with Gasteiger partial charge in [0.25, 0.3) is 0 Å². The van der Waals surface area contributed by atoms with Crippen molar-refractivity contribution in [1.82, 2.24) is 14.5 Å². The molecule has 3 aromatic heterocycles. The number of hydrogen-bond acceptors (Lipinski definition) is 3. The molecule has 0 N–H and O–H groups in total. The van der Waals surface area contributed by atoms with Crippen LogP contribution in [0.1, 0.15) is 50.7 Å². The summed E-state index contributed by atoms with van der Waals surface area (Å²) in [4.78, 5) is 9.81. The van der Waals surface area contributed by atoms with Crippen molar-refractivity contribution in [2.75, 3.05) is 0 Å². The molecule has 0 saturated heterocycles. The molecule has 0 amide bonds. The number of pyridine rings is 1. The van der Waals surface area contributed by atoms with E-state index in [2.05, 4.69) is 190 Å². The number of para-hydroxylation sites is 2. The Labute approximate surface area is 373 Å². The molecule has 10 rings (SSSR count). The average Bonchev–Trinajstić information content (AvgIpc) is 3.86. The van der Waals surface area contributed by atoms with Crippen LogP contribution in [0.4, 0.5) is 0 Å². The average molecular weight is 988 g/mol. The molecule has 0 saturated carbocycles. The number of aromatic nitrogens is 3. The van der Waals surface area contributed by atoms with E-state index in [1.807, 2.05) is 36.5 Å². The van der Waals surface area contributed by atoms with Gasteiger partial charge in [0.05, 0.1) is 30.5 Å². The van der Waals surface area contributed by atoms with E-state index in [4.69, 9.17) is 9.40 Å². The Kier molecular flexibility index (Phi) is 11.8. The summed E-state index contributed by atoms with van der Waals surface area (Å²) >= 11 is 0. The third-order valence-electron chi connectivity index (χ3n) is 11.5. The van der Waals surface area contributed by atoms with Gasteiger partial charge < -0.3 is 14.0 Å². The van der Waals surface area contributed by atoms with Gasteiger partial charge in [0.1, 0.15) is 5.58 Å². The minimum absolute atomic E-state index is 0. The summed E-state index contributed by atoms with van der Waals surface area (Å²) in [6.07, 6.45) is 2.02. The fourth-order valence-corrected chi connectivity index (χ4v) is 9.30.